The number of piperazine rings is 1. The van der Waals surface area contributed by atoms with E-state index in [2.05, 4.69) is 28.9 Å². The predicted octanol–water partition coefficient (Wildman–Crippen LogP) is 4.18. The van der Waals surface area contributed by atoms with Crippen LogP contribution in [-0.2, 0) is 0 Å². The van der Waals surface area contributed by atoms with Crippen molar-refractivity contribution in [1.29, 1.82) is 0 Å². The van der Waals surface area contributed by atoms with Gasteiger partial charge in [0.1, 0.15) is 5.82 Å². The summed E-state index contributed by atoms with van der Waals surface area (Å²) >= 11 is 0. The van der Waals surface area contributed by atoms with Crippen LogP contribution in [0.15, 0.2) is 30.3 Å². The molecule has 7 heteroatoms. The molecule has 3 heterocycles. The van der Waals surface area contributed by atoms with Crippen LogP contribution in [0.1, 0.15) is 37.8 Å². The number of hydrogen-bond donors (Lipinski definition) is 0. The molecular formula is C25H33N5O2. The van der Waals surface area contributed by atoms with Crippen molar-refractivity contribution in [2.45, 2.75) is 45.1 Å². The third kappa shape index (κ3) is 4.01. The van der Waals surface area contributed by atoms with E-state index in [0.29, 0.717) is 11.5 Å². The summed E-state index contributed by atoms with van der Waals surface area (Å²) in [6.45, 7) is 6.36. The quantitative estimate of drug-likeness (QED) is 0.599. The highest BCUT2D eigenvalue weighted by Gasteiger charge is 2.26. The summed E-state index contributed by atoms with van der Waals surface area (Å²) in [7, 11) is 3.30. The fourth-order valence-electron chi connectivity index (χ4n) is 5.20. The van der Waals surface area contributed by atoms with E-state index < -0.39 is 0 Å². The van der Waals surface area contributed by atoms with Crippen molar-refractivity contribution >= 4 is 11.5 Å². The smallest absolute Gasteiger partial charge is 0.161 e. The number of benzene rings is 1. The lowest BCUT2D eigenvalue weighted by Crippen LogP contribution is -2.51. The second-order valence-corrected chi connectivity index (χ2v) is 8.94. The number of rotatable bonds is 5. The lowest BCUT2D eigenvalue weighted by Gasteiger charge is -2.41. The molecule has 5 rings (SSSR count). The number of aromatic nitrogens is 3. The van der Waals surface area contributed by atoms with Gasteiger partial charge >= 0.3 is 0 Å². The minimum atomic E-state index is 0.699. The van der Waals surface area contributed by atoms with Crippen molar-refractivity contribution in [2.75, 3.05) is 45.3 Å². The normalized spacial score (nSPS) is 18.3. The molecule has 1 aliphatic heterocycles. The summed E-state index contributed by atoms with van der Waals surface area (Å²) in [5.41, 5.74) is 3.76. The summed E-state index contributed by atoms with van der Waals surface area (Å²) < 4.78 is 12.9. The number of anilines is 1. The number of nitrogens with zero attached hydrogens (tertiary/aromatic N) is 5. The average molecular weight is 436 g/mol. The Morgan fingerprint density at radius 1 is 0.875 bits per heavy atom. The fraction of sp³-hybridized carbons (Fsp3) is 0.520. The Hall–Kier alpha value is -2.80. The Balaban J connectivity index is 1.42. The first-order valence-electron chi connectivity index (χ1n) is 11.7. The molecule has 0 atom stereocenters. The van der Waals surface area contributed by atoms with Crippen molar-refractivity contribution in [1.82, 2.24) is 19.5 Å². The van der Waals surface area contributed by atoms with E-state index in [1.165, 1.54) is 32.1 Å². The van der Waals surface area contributed by atoms with E-state index in [1.54, 1.807) is 14.2 Å². The monoisotopic (exact) mass is 435 g/mol. The van der Waals surface area contributed by atoms with E-state index in [1.807, 2.05) is 22.7 Å². The highest BCUT2D eigenvalue weighted by atomic mass is 16.5. The van der Waals surface area contributed by atoms with Gasteiger partial charge in [-0.25, -0.2) is 4.98 Å². The van der Waals surface area contributed by atoms with Gasteiger partial charge in [-0.1, -0.05) is 19.3 Å². The summed E-state index contributed by atoms with van der Waals surface area (Å²) in [6.07, 6.45) is 6.92. The molecule has 0 radical (unpaired) electrons. The van der Waals surface area contributed by atoms with E-state index in [9.17, 15) is 0 Å². The zero-order valence-electron chi connectivity index (χ0n) is 19.4. The molecule has 7 nitrogen and oxygen atoms in total. The van der Waals surface area contributed by atoms with Gasteiger partial charge in [0, 0.05) is 55.6 Å². The first-order valence-corrected chi connectivity index (χ1v) is 11.7. The molecule has 1 saturated carbocycles. The second kappa shape index (κ2) is 8.98. The maximum Gasteiger partial charge on any atom is 0.161 e. The van der Waals surface area contributed by atoms with Gasteiger partial charge < -0.3 is 14.4 Å². The van der Waals surface area contributed by atoms with Gasteiger partial charge in [0.25, 0.3) is 0 Å². The van der Waals surface area contributed by atoms with Gasteiger partial charge in [0.15, 0.2) is 17.1 Å². The number of aryl methyl sites for hydroxylation is 1. The van der Waals surface area contributed by atoms with Gasteiger partial charge in [-0.2, -0.15) is 9.61 Å². The van der Waals surface area contributed by atoms with Crippen LogP contribution in [-0.4, -0.2) is 65.9 Å². The van der Waals surface area contributed by atoms with Gasteiger partial charge in [-0.05, 0) is 38.0 Å². The van der Waals surface area contributed by atoms with Crippen LogP contribution < -0.4 is 14.4 Å². The molecule has 32 heavy (non-hydrogen) atoms. The summed E-state index contributed by atoms with van der Waals surface area (Å²) in [6, 6.07) is 10.9. The average Bonchev–Trinajstić information content (AvgIpc) is 3.27. The first kappa shape index (κ1) is 21.1. The number of ether oxygens (including phenoxy) is 2. The van der Waals surface area contributed by atoms with Crippen LogP contribution in [0.25, 0.3) is 16.9 Å². The Kier molecular flexibility index (Phi) is 5.91. The van der Waals surface area contributed by atoms with Crippen LogP contribution in [0.5, 0.6) is 11.5 Å². The minimum absolute atomic E-state index is 0.699. The lowest BCUT2D eigenvalue weighted by molar-refractivity contribution is 0.147. The summed E-state index contributed by atoms with van der Waals surface area (Å²) in [5, 5.41) is 4.94. The van der Waals surface area contributed by atoms with Crippen molar-refractivity contribution in [3.05, 3.63) is 36.0 Å². The van der Waals surface area contributed by atoms with Crippen LogP contribution in [0.2, 0.25) is 0 Å². The third-order valence-corrected chi connectivity index (χ3v) is 6.95. The van der Waals surface area contributed by atoms with E-state index in [-0.39, 0.29) is 0 Å². The molecule has 0 unspecified atom stereocenters. The molecule has 1 saturated heterocycles. The number of fused-ring (bicyclic) bond motifs is 1. The maximum absolute atomic E-state index is 5.48. The highest BCUT2D eigenvalue weighted by molar-refractivity contribution is 5.68. The molecule has 0 N–H and O–H groups in total. The van der Waals surface area contributed by atoms with Crippen LogP contribution in [0.4, 0.5) is 5.82 Å². The van der Waals surface area contributed by atoms with E-state index in [0.717, 1.165) is 60.6 Å². The fourth-order valence-corrected chi connectivity index (χ4v) is 5.20. The summed E-state index contributed by atoms with van der Waals surface area (Å²) in [5.74, 6) is 2.54. The minimum Gasteiger partial charge on any atom is -0.493 e. The molecule has 0 spiro atoms. The third-order valence-electron chi connectivity index (χ3n) is 6.95. The Bertz CT molecular complexity index is 1080. The van der Waals surface area contributed by atoms with Gasteiger partial charge in [0.2, 0.25) is 0 Å². The van der Waals surface area contributed by atoms with Crippen molar-refractivity contribution in [3.8, 4) is 22.8 Å². The van der Waals surface area contributed by atoms with Gasteiger partial charge in [0.05, 0.1) is 19.9 Å². The maximum atomic E-state index is 5.48. The van der Waals surface area contributed by atoms with Crippen molar-refractivity contribution in [3.63, 3.8) is 0 Å². The highest BCUT2D eigenvalue weighted by Crippen LogP contribution is 2.33. The van der Waals surface area contributed by atoms with Crippen molar-refractivity contribution < 1.29 is 9.47 Å². The molecule has 0 amide bonds. The molecule has 3 aromatic rings. The SMILES string of the molecule is COc1ccc(-c2cc3nc(C)cc(N4CCN(C5CCCCC5)CC4)n3n2)cc1OC. The lowest BCUT2D eigenvalue weighted by atomic mass is 9.94. The van der Waals surface area contributed by atoms with E-state index in [4.69, 9.17) is 19.6 Å². The number of hydrogen-bond acceptors (Lipinski definition) is 6. The standard InChI is InChI=1S/C25H33N5O2/c1-18-15-25(29-13-11-28(12-14-29)20-7-5-4-6-8-20)30-24(26-18)17-21(27-30)19-9-10-22(31-2)23(16-19)32-3/h9-10,15-17,20H,4-8,11-14H2,1-3H3. The zero-order valence-corrected chi connectivity index (χ0v) is 19.4. The number of methoxy groups -OCH3 is 2. The first-order chi connectivity index (χ1) is 15.7. The predicted molar refractivity (Wildman–Crippen MR) is 127 cm³/mol. The molecule has 1 aromatic carbocycles. The molecule has 170 valence electrons. The topological polar surface area (TPSA) is 55.1 Å². The molecule has 2 aromatic heterocycles. The Labute approximate surface area is 189 Å². The molecule has 2 aliphatic rings. The van der Waals surface area contributed by atoms with E-state index >= 15 is 0 Å². The molecule has 1 aliphatic carbocycles. The van der Waals surface area contributed by atoms with Crippen LogP contribution in [0, 0.1) is 6.92 Å². The largest absolute Gasteiger partial charge is 0.493 e. The van der Waals surface area contributed by atoms with Crippen LogP contribution >= 0.6 is 0 Å². The van der Waals surface area contributed by atoms with Gasteiger partial charge in [-0.3, -0.25) is 4.90 Å². The Morgan fingerprint density at radius 3 is 2.34 bits per heavy atom. The van der Waals surface area contributed by atoms with Crippen LogP contribution in [0.3, 0.4) is 0 Å². The zero-order chi connectivity index (χ0) is 22.1. The second-order valence-electron chi connectivity index (χ2n) is 8.94. The molecule has 0 bridgehead atoms. The Morgan fingerprint density at radius 2 is 1.62 bits per heavy atom. The summed E-state index contributed by atoms with van der Waals surface area (Å²) in [4.78, 5) is 9.92. The molecule has 2 fully saturated rings. The molecular weight excluding hydrogens is 402 g/mol. The van der Waals surface area contributed by atoms with Gasteiger partial charge in [-0.15, -0.1) is 0 Å². The van der Waals surface area contributed by atoms with Crippen molar-refractivity contribution in [2.24, 2.45) is 0 Å².